The van der Waals surface area contributed by atoms with Crippen LogP contribution in [0.1, 0.15) is 36.0 Å². The molecular weight excluding hydrogens is 432 g/mol. The molecule has 1 fully saturated rings. The number of amides is 1. The number of carbonyl (C=O) groups is 2. The van der Waals surface area contributed by atoms with Gasteiger partial charge >= 0.3 is 5.97 Å². The van der Waals surface area contributed by atoms with E-state index in [1.807, 2.05) is 30.3 Å². The van der Waals surface area contributed by atoms with Crippen molar-refractivity contribution < 1.29 is 19.1 Å². The number of rotatable bonds is 7. The minimum atomic E-state index is -0.191. The van der Waals surface area contributed by atoms with Gasteiger partial charge in [-0.05, 0) is 74.2 Å². The number of benzene rings is 2. The maximum atomic E-state index is 12.9. The number of aromatic nitrogens is 2. The number of nitrogens with zero attached hydrogens (tertiary/aromatic N) is 3. The number of carbonyl (C=O) groups excluding carboxylic acids is 2. The molecule has 4 rings (SSSR count). The van der Waals surface area contributed by atoms with Crippen molar-refractivity contribution in [2.75, 3.05) is 24.4 Å². The first-order valence-corrected chi connectivity index (χ1v) is 11.3. The van der Waals surface area contributed by atoms with Crippen LogP contribution in [0.25, 0.3) is 0 Å². The van der Waals surface area contributed by atoms with Crippen molar-refractivity contribution in [1.29, 1.82) is 0 Å². The molecule has 1 aromatic heterocycles. The fourth-order valence-electron chi connectivity index (χ4n) is 3.99. The summed E-state index contributed by atoms with van der Waals surface area (Å²) in [6.07, 6.45) is 3.19. The molecule has 0 saturated heterocycles. The van der Waals surface area contributed by atoms with Gasteiger partial charge in [0.15, 0.2) is 11.6 Å². The van der Waals surface area contributed by atoms with E-state index < -0.39 is 0 Å². The summed E-state index contributed by atoms with van der Waals surface area (Å²) in [5.41, 5.74) is 1.44. The highest BCUT2D eigenvalue weighted by molar-refractivity contribution is 6.05. The Balaban J connectivity index is 1.32. The van der Waals surface area contributed by atoms with Crippen molar-refractivity contribution >= 4 is 29.2 Å². The molecule has 1 saturated carbocycles. The van der Waals surface area contributed by atoms with E-state index in [-0.39, 0.29) is 23.9 Å². The lowest BCUT2D eigenvalue weighted by molar-refractivity contribution is -0.147. The first-order valence-electron chi connectivity index (χ1n) is 11.3. The van der Waals surface area contributed by atoms with Crippen LogP contribution in [-0.4, -0.2) is 42.3 Å². The van der Waals surface area contributed by atoms with Crippen LogP contribution in [0.15, 0.2) is 66.7 Å². The minimum absolute atomic E-state index is 0.0355. The predicted octanol–water partition coefficient (Wildman–Crippen LogP) is 4.61. The number of hydrogen-bond donors (Lipinski definition) is 1. The Hall–Kier alpha value is -3.94. The molecule has 0 unspecified atom stereocenters. The zero-order valence-corrected chi connectivity index (χ0v) is 19.3. The van der Waals surface area contributed by atoms with Gasteiger partial charge in [-0.1, -0.05) is 18.2 Å². The summed E-state index contributed by atoms with van der Waals surface area (Å²) in [6, 6.07) is 20.3. The number of methoxy groups -OCH3 is 1. The Kier molecular flexibility index (Phi) is 7.37. The summed E-state index contributed by atoms with van der Waals surface area (Å²) in [6.45, 7) is 0. The summed E-state index contributed by atoms with van der Waals surface area (Å²) >= 11 is 0. The van der Waals surface area contributed by atoms with Crippen LogP contribution in [0.5, 0.6) is 5.75 Å². The van der Waals surface area contributed by atoms with Gasteiger partial charge in [-0.3, -0.25) is 14.5 Å². The molecule has 8 nitrogen and oxygen atoms in total. The van der Waals surface area contributed by atoms with Gasteiger partial charge in [-0.25, -0.2) is 0 Å². The summed E-state index contributed by atoms with van der Waals surface area (Å²) in [4.78, 5) is 26.0. The molecule has 3 aromatic rings. The van der Waals surface area contributed by atoms with Crippen LogP contribution in [0, 0.1) is 5.92 Å². The molecule has 1 aliphatic carbocycles. The second kappa shape index (κ2) is 10.8. The number of anilines is 3. The Labute approximate surface area is 198 Å². The van der Waals surface area contributed by atoms with Crippen LogP contribution in [-0.2, 0) is 9.53 Å². The standard InChI is InChI=1S/C26H28N4O4/c1-30(24-17-16-23(28-29-24)27-20-6-4-3-5-7-20)25(31)18-8-12-21(13-9-18)34-22-14-10-19(11-15-22)26(32)33-2/h3-9,12-13,16-17,19,22H,10-11,14-15H2,1-2H3,(H,27,28)/t19-,22+. The number of para-hydroxylation sites is 1. The third kappa shape index (κ3) is 5.70. The van der Waals surface area contributed by atoms with E-state index in [0.717, 1.165) is 31.4 Å². The molecule has 34 heavy (non-hydrogen) atoms. The summed E-state index contributed by atoms with van der Waals surface area (Å²) < 4.78 is 10.9. The van der Waals surface area contributed by atoms with Gasteiger partial charge in [-0.2, -0.15) is 0 Å². The molecular formula is C26H28N4O4. The SMILES string of the molecule is COC(=O)[C@H]1CC[C@@H](Oc2ccc(C(=O)N(C)c3ccc(Nc4ccccc4)nn3)cc2)CC1. The van der Waals surface area contributed by atoms with Crippen LogP contribution < -0.4 is 15.0 Å². The van der Waals surface area contributed by atoms with Gasteiger partial charge in [0.05, 0.1) is 19.1 Å². The molecule has 1 amide bonds. The normalized spacial score (nSPS) is 17.5. The highest BCUT2D eigenvalue weighted by Gasteiger charge is 2.28. The van der Waals surface area contributed by atoms with E-state index >= 15 is 0 Å². The smallest absolute Gasteiger partial charge is 0.308 e. The molecule has 0 spiro atoms. The van der Waals surface area contributed by atoms with Gasteiger partial charge in [-0.15, -0.1) is 10.2 Å². The van der Waals surface area contributed by atoms with Gasteiger partial charge in [0, 0.05) is 18.3 Å². The van der Waals surface area contributed by atoms with Crippen molar-refractivity contribution in [2.24, 2.45) is 5.92 Å². The van der Waals surface area contributed by atoms with Gasteiger partial charge in [0.2, 0.25) is 0 Å². The van der Waals surface area contributed by atoms with Crippen LogP contribution >= 0.6 is 0 Å². The van der Waals surface area contributed by atoms with E-state index in [4.69, 9.17) is 9.47 Å². The Bertz CT molecular complexity index is 1100. The van der Waals surface area contributed by atoms with Gasteiger partial charge in [0.25, 0.3) is 5.91 Å². The average molecular weight is 461 g/mol. The maximum absolute atomic E-state index is 12.9. The number of ether oxygens (including phenoxy) is 2. The lowest BCUT2D eigenvalue weighted by Gasteiger charge is -2.27. The topological polar surface area (TPSA) is 93.7 Å². The highest BCUT2D eigenvalue weighted by atomic mass is 16.5. The summed E-state index contributed by atoms with van der Waals surface area (Å²) in [5.74, 6) is 1.38. The largest absolute Gasteiger partial charge is 0.490 e. The van der Waals surface area contributed by atoms with E-state index in [1.54, 1.807) is 43.4 Å². The van der Waals surface area contributed by atoms with E-state index in [1.165, 1.54) is 12.0 Å². The highest BCUT2D eigenvalue weighted by Crippen LogP contribution is 2.28. The molecule has 1 N–H and O–H groups in total. The monoisotopic (exact) mass is 460 g/mol. The molecule has 0 atom stereocenters. The summed E-state index contributed by atoms with van der Waals surface area (Å²) in [7, 11) is 3.09. The molecule has 1 heterocycles. The number of nitrogens with one attached hydrogen (secondary N) is 1. The first-order chi connectivity index (χ1) is 16.5. The lowest BCUT2D eigenvalue weighted by Crippen LogP contribution is -2.28. The summed E-state index contributed by atoms with van der Waals surface area (Å²) in [5, 5.41) is 11.5. The van der Waals surface area contributed by atoms with Gasteiger partial charge < -0.3 is 14.8 Å². The third-order valence-corrected chi connectivity index (χ3v) is 5.96. The zero-order chi connectivity index (χ0) is 23.9. The molecule has 2 aromatic carbocycles. The maximum Gasteiger partial charge on any atom is 0.308 e. The second-order valence-electron chi connectivity index (χ2n) is 8.27. The predicted molar refractivity (Wildman–Crippen MR) is 129 cm³/mol. The molecule has 8 heteroatoms. The number of esters is 1. The molecule has 0 radical (unpaired) electrons. The zero-order valence-electron chi connectivity index (χ0n) is 19.3. The Morgan fingerprint density at radius 1 is 0.912 bits per heavy atom. The molecule has 1 aliphatic rings. The average Bonchev–Trinajstić information content (AvgIpc) is 2.89. The molecule has 176 valence electrons. The van der Waals surface area contributed by atoms with Crippen molar-refractivity contribution in [2.45, 2.75) is 31.8 Å². The van der Waals surface area contributed by atoms with Crippen molar-refractivity contribution in [3.8, 4) is 5.75 Å². The van der Waals surface area contributed by atoms with Crippen molar-refractivity contribution in [1.82, 2.24) is 10.2 Å². The van der Waals surface area contributed by atoms with Crippen LogP contribution in [0.2, 0.25) is 0 Å². The van der Waals surface area contributed by atoms with E-state index in [9.17, 15) is 9.59 Å². The minimum Gasteiger partial charge on any atom is -0.490 e. The Morgan fingerprint density at radius 2 is 1.62 bits per heavy atom. The van der Waals surface area contributed by atoms with E-state index in [0.29, 0.717) is 22.9 Å². The number of hydrogen-bond acceptors (Lipinski definition) is 7. The van der Waals surface area contributed by atoms with Gasteiger partial charge in [0.1, 0.15) is 5.75 Å². The lowest BCUT2D eigenvalue weighted by atomic mass is 9.87. The van der Waals surface area contributed by atoms with Crippen LogP contribution in [0.3, 0.4) is 0 Å². The third-order valence-electron chi connectivity index (χ3n) is 5.96. The molecule has 0 bridgehead atoms. The Morgan fingerprint density at radius 3 is 2.24 bits per heavy atom. The van der Waals surface area contributed by atoms with Crippen molar-refractivity contribution in [3.05, 3.63) is 72.3 Å². The van der Waals surface area contributed by atoms with E-state index in [2.05, 4.69) is 15.5 Å². The van der Waals surface area contributed by atoms with Crippen LogP contribution in [0.4, 0.5) is 17.3 Å². The van der Waals surface area contributed by atoms with Crippen molar-refractivity contribution in [3.63, 3.8) is 0 Å². The fraction of sp³-hybridized carbons (Fsp3) is 0.308. The molecule has 0 aliphatic heterocycles. The quantitative estimate of drug-likeness (QED) is 0.515. The second-order valence-corrected chi connectivity index (χ2v) is 8.27. The fourth-order valence-corrected chi connectivity index (χ4v) is 3.99. The first kappa shape index (κ1) is 23.2.